The smallest absolute Gasteiger partial charge is 1.00 e. The van der Waals surface area contributed by atoms with E-state index < -0.39 is 0 Å². The van der Waals surface area contributed by atoms with E-state index in [0.29, 0.717) is 0 Å². The fourth-order valence-electron chi connectivity index (χ4n) is 0. The van der Waals surface area contributed by atoms with Crippen molar-refractivity contribution >= 4 is 0 Å². The molecule has 0 aromatic carbocycles. The molecule has 5 heavy (non-hydrogen) atoms. The fraction of sp³-hybridized carbons (Fsp3) is 0. The van der Waals surface area contributed by atoms with E-state index in [0.717, 1.165) is 0 Å². The standard InChI is InChI=1S/FH.3Li.O/h1H;;;;/q;3*+1;-2. The van der Waals surface area contributed by atoms with Gasteiger partial charge >= 0.3 is 56.6 Å². The Hall–Kier alpha value is 1.68. The van der Waals surface area contributed by atoms with Gasteiger partial charge in [-0.2, -0.15) is 0 Å². The van der Waals surface area contributed by atoms with Gasteiger partial charge in [-0.3, -0.25) is 4.70 Å². The van der Waals surface area contributed by atoms with E-state index in [9.17, 15) is 0 Å². The third-order valence-corrected chi connectivity index (χ3v) is 0. The number of halogens is 1. The fourth-order valence-corrected chi connectivity index (χ4v) is 0. The van der Waals surface area contributed by atoms with Crippen molar-refractivity contribution < 1.29 is 66.8 Å². The Balaban J connectivity index is 0. The zero-order valence-corrected chi connectivity index (χ0v) is 3.82. The number of rotatable bonds is 0. The van der Waals surface area contributed by atoms with Gasteiger partial charge in [0, 0.05) is 0 Å². The number of hydrogen-bond donors (Lipinski definition) is 0. The summed E-state index contributed by atoms with van der Waals surface area (Å²) in [5.74, 6) is 0. The van der Waals surface area contributed by atoms with Crippen LogP contribution < -0.4 is 56.6 Å². The van der Waals surface area contributed by atoms with E-state index in [2.05, 4.69) is 0 Å². The van der Waals surface area contributed by atoms with E-state index in [-0.39, 0.29) is 66.8 Å². The molecule has 1 nitrogen and oxygen atoms in total. The van der Waals surface area contributed by atoms with E-state index in [1.807, 2.05) is 0 Å². The summed E-state index contributed by atoms with van der Waals surface area (Å²) in [4.78, 5) is 0. The third kappa shape index (κ3) is 27.2. The molecule has 0 aliphatic heterocycles. The Kier molecular flexibility index (Phi) is 671. The first-order valence-electron chi connectivity index (χ1n) is 0. The Labute approximate surface area is 66.5 Å². The first-order valence-corrected chi connectivity index (χ1v) is 0. The number of hydrogen-bond acceptors (Lipinski definition) is 0. The van der Waals surface area contributed by atoms with Gasteiger partial charge in [-0.1, -0.05) is 0 Å². The van der Waals surface area contributed by atoms with Crippen LogP contribution in [0.5, 0.6) is 0 Å². The average molecular weight is 56.8 g/mol. The van der Waals surface area contributed by atoms with Crippen molar-refractivity contribution in [2.45, 2.75) is 0 Å². The molecule has 0 rings (SSSR count). The Bertz CT molecular complexity index is 6.85. The van der Waals surface area contributed by atoms with Crippen molar-refractivity contribution in [2.24, 2.45) is 0 Å². The molecular weight excluding hydrogens is 55.8 g/mol. The molecule has 0 aliphatic carbocycles. The maximum atomic E-state index is 0. The van der Waals surface area contributed by atoms with E-state index in [1.165, 1.54) is 0 Å². The van der Waals surface area contributed by atoms with Gasteiger partial charge in [-0.15, -0.1) is 0 Å². The van der Waals surface area contributed by atoms with E-state index >= 15 is 0 Å². The maximum Gasteiger partial charge on any atom is 1.00 e. The summed E-state index contributed by atoms with van der Waals surface area (Å²) in [7, 11) is 0. The van der Waals surface area contributed by atoms with Crippen LogP contribution in [0.1, 0.15) is 0 Å². The van der Waals surface area contributed by atoms with Crippen molar-refractivity contribution in [2.75, 3.05) is 0 Å². The molecule has 0 atom stereocenters. The van der Waals surface area contributed by atoms with E-state index in [4.69, 9.17) is 0 Å². The monoisotopic (exact) mass is 57.0 g/mol. The van der Waals surface area contributed by atoms with Crippen LogP contribution in [-0.2, 0) is 5.48 Å². The van der Waals surface area contributed by atoms with Crippen molar-refractivity contribution in [3.8, 4) is 0 Å². The van der Waals surface area contributed by atoms with Crippen LogP contribution in [0.15, 0.2) is 0 Å². The van der Waals surface area contributed by atoms with Crippen LogP contribution in [-0.4, -0.2) is 0 Å². The van der Waals surface area contributed by atoms with Crippen LogP contribution in [0.4, 0.5) is 4.70 Å². The molecule has 0 radical (unpaired) electrons. The largest absolute Gasteiger partial charge is 2.00 e. The van der Waals surface area contributed by atoms with Gasteiger partial charge in [0.2, 0.25) is 0 Å². The molecule has 0 saturated carbocycles. The minimum atomic E-state index is 0. The first kappa shape index (κ1) is 76.2. The molecule has 16 valence electrons. The Morgan fingerprint density at radius 2 is 0.600 bits per heavy atom. The van der Waals surface area contributed by atoms with Crippen molar-refractivity contribution in [3.63, 3.8) is 0 Å². The van der Waals surface area contributed by atoms with Gasteiger partial charge in [0.05, 0.1) is 0 Å². The molecule has 0 saturated heterocycles. The summed E-state index contributed by atoms with van der Waals surface area (Å²) < 4.78 is 0. The topological polar surface area (TPSA) is 28.5 Å². The Morgan fingerprint density at radius 3 is 0.600 bits per heavy atom. The van der Waals surface area contributed by atoms with Crippen molar-refractivity contribution in [1.29, 1.82) is 0 Å². The molecule has 0 heterocycles. The normalized spacial score (nSPS) is 0. The van der Waals surface area contributed by atoms with Gasteiger partial charge in [0.25, 0.3) is 0 Å². The molecule has 0 unspecified atom stereocenters. The molecule has 0 amide bonds. The molecule has 0 bridgehead atoms. The summed E-state index contributed by atoms with van der Waals surface area (Å²) in [6, 6.07) is 0. The summed E-state index contributed by atoms with van der Waals surface area (Å²) >= 11 is 0. The minimum absolute atomic E-state index is 0. The second kappa shape index (κ2) is 44.0. The second-order valence-electron chi connectivity index (χ2n) is 0. The molecule has 0 aliphatic rings. The molecule has 0 aromatic rings. The van der Waals surface area contributed by atoms with Crippen LogP contribution in [0.3, 0.4) is 0 Å². The second-order valence-corrected chi connectivity index (χ2v) is 0. The third-order valence-electron chi connectivity index (χ3n) is 0. The molecule has 0 N–H and O–H groups in total. The SMILES string of the molecule is F.[Li+].[Li+].[Li+].[O-2]. The van der Waals surface area contributed by atoms with Gasteiger partial charge < -0.3 is 5.48 Å². The molecule has 0 spiro atoms. The summed E-state index contributed by atoms with van der Waals surface area (Å²) in [6.07, 6.45) is 0. The quantitative estimate of drug-likeness (QED) is 0.247. The van der Waals surface area contributed by atoms with Crippen LogP contribution >= 0.6 is 0 Å². The van der Waals surface area contributed by atoms with Gasteiger partial charge in [-0.25, -0.2) is 0 Å². The Morgan fingerprint density at radius 1 is 0.600 bits per heavy atom. The summed E-state index contributed by atoms with van der Waals surface area (Å²) in [6.45, 7) is 0. The zero-order chi connectivity index (χ0) is 0. The molecular formula is HFLi3O+. The van der Waals surface area contributed by atoms with Crippen LogP contribution in [0, 0.1) is 0 Å². The molecule has 0 aromatic heterocycles. The predicted molar refractivity (Wildman–Crippen MR) is 3.19 cm³/mol. The minimum Gasteiger partial charge on any atom is -2.00 e. The van der Waals surface area contributed by atoms with Gasteiger partial charge in [-0.05, 0) is 0 Å². The van der Waals surface area contributed by atoms with Gasteiger partial charge in [0.15, 0.2) is 0 Å². The molecule has 5 heteroatoms. The first-order chi connectivity index (χ1) is 0. The molecule has 0 fully saturated rings. The van der Waals surface area contributed by atoms with Crippen LogP contribution in [0.25, 0.3) is 0 Å². The predicted octanol–water partition coefficient (Wildman–Crippen LogP) is -8.95. The van der Waals surface area contributed by atoms with E-state index in [1.54, 1.807) is 0 Å². The van der Waals surface area contributed by atoms with Crippen LogP contribution in [0.2, 0.25) is 0 Å². The van der Waals surface area contributed by atoms with Gasteiger partial charge in [0.1, 0.15) is 0 Å². The average Bonchev–Trinajstić information content (AvgIpc) is 0. The maximum absolute atomic E-state index is 0. The zero-order valence-electron chi connectivity index (χ0n) is 3.82. The van der Waals surface area contributed by atoms with Crippen molar-refractivity contribution in [3.05, 3.63) is 0 Å². The van der Waals surface area contributed by atoms with Crippen molar-refractivity contribution in [1.82, 2.24) is 0 Å². The summed E-state index contributed by atoms with van der Waals surface area (Å²) in [5.41, 5.74) is 0. The summed E-state index contributed by atoms with van der Waals surface area (Å²) in [5, 5.41) is 0.